The molecule has 4 rings (SSSR count). The van der Waals surface area contributed by atoms with Gasteiger partial charge in [-0.25, -0.2) is 0 Å². The number of allylic oxidation sites excluding steroid dienone is 1. The van der Waals surface area contributed by atoms with Crippen molar-refractivity contribution in [3.05, 3.63) is 85.3 Å². The first-order valence-corrected chi connectivity index (χ1v) is 10.0. The maximum Gasteiger partial charge on any atom is 0.244 e. The normalized spacial score (nSPS) is 15.4. The molecule has 0 unspecified atom stereocenters. The summed E-state index contributed by atoms with van der Waals surface area (Å²) in [5, 5.41) is 18.1. The standard InChI is InChI=1S/C21H15Cl3N4O2/c1-10-18-19(14(8-25)20(26)30-21(18)28-27-10)11-3-5-17(16(24)6-11)29-9-12-2-4-13(22)7-15(12)23/h2-7,19H,9,26H2,1H3,(H,27,28)/t19-/m1/s1. The first-order valence-electron chi connectivity index (χ1n) is 8.87. The number of aromatic amines is 1. The fourth-order valence-electron chi connectivity index (χ4n) is 3.34. The summed E-state index contributed by atoms with van der Waals surface area (Å²) in [5.74, 6) is 0.408. The molecule has 0 spiro atoms. The van der Waals surface area contributed by atoms with E-state index in [2.05, 4.69) is 16.3 Å². The number of nitrogens with two attached hydrogens (primary N) is 1. The fourth-order valence-corrected chi connectivity index (χ4v) is 4.05. The van der Waals surface area contributed by atoms with Gasteiger partial charge in [0, 0.05) is 26.9 Å². The molecule has 0 amide bonds. The molecule has 1 atom stereocenters. The number of ether oxygens (including phenoxy) is 2. The van der Waals surface area contributed by atoms with Crippen LogP contribution in [0.4, 0.5) is 0 Å². The third-order valence-electron chi connectivity index (χ3n) is 4.82. The van der Waals surface area contributed by atoms with E-state index in [1.54, 1.807) is 30.3 Å². The number of nitrogens with zero attached hydrogens (tertiary/aromatic N) is 2. The maximum absolute atomic E-state index is 9.65. The van der Waals surface area contributed by atoms with Crippen LogP contribution in [-0.4, -0.2) is 10.2 Å². The number of fused-ring (bicyclic) bond motifs is 1. The highest BCUT2D eigenvalue weighted by Crippen LogP contribution is 2.44. The van der Waals surface area contributed by atoms with Crippen LogP contribution in [0.1, 0.15) is 28.3 Å². The van der Waals surface area contributed by atoms with E-state index in [0.717, 1.165) is 22.4 Å². The van der Waals surface area contributed by atoms with Gasteiger partial charge in [0.15, 0.2) is 0 Å². The topological polar surface area (TPSA) is 97.0 Å². The monoisotopic (exact) mass is 460 g/mol. The molecule has 3 N–H and O–H groups in total. The number of nitriles is 1. The Hall–Kier alpha value is -2.85. The van der Waals surface area contributed by atoms with E-state index in [1.807, 2.05) is 13.0 Å². The van der Waals surface area contributed by atoms with Crippen molar-refractivity contribution in [2.24, 2.45) is 5.73 Å². The molecule has 1 aliphatic rings. The molecule has 2 heterocycles. The second-order valence-electron chi connectivity index (χ2n) is 6.71. The summed E-state index contributed by atoms with van der Waals surface area (Å²) < 4.78 is 11.3. The van der Waals surface area contributed by atoms with Crippen molar-refractivity contribution in [2.75, 3.05) is 0 Å². The molecule has 0 fully saturated rings. The largest absolute Gasteiger partial charge is 0.487 e. The van der Waals surface area contributed by atoms with Gasteiger partial charge >= 0.3 is 0 Å². The van der Waals surface area contributed by atoms with Crippen molar-refractivity contribution in [3.8, 4) is 17.7 Å². The number of hydrogen-bond donors (Lipinski definition) is 2. The smallest absolute Gasteiger partial charge is 0.244 e. The first kappa shape index (κ1) is 20.4. The van der Waals surface area contributed by atoms with E-state index in [4.69, 9.17) is 50.0 Å². The van der Waals surface area contributed by atoms with Gasteiger partial charge in [0.25, 0.3) is 0 Å². The summed E-state index contributed by atoms with van der Waals surface area (Å²) in [6.45, 7) is 2.08. The Morgan fingerprint density at radius 3 is 2.70 bits per heavy atom. The second kappa shape index (κ2) is 8.11. The van der Waals surface area contributed by atoms with Gasteiger partial charge in [0.1, 0.15) is 24.0 Å². The summed E-state index contributed by atoms with van der Waals surface area (Å²) in [6, 6.07) is 12.7. The number of halogens is 3. The van der Waals surface area contributed by atoms with Gasteiger partial charge in [-0.15, -0.1) is 5.10 Å². The van der Waals surface area contributed by atoms with Crippen LogP contribution in [0, 0.1) is 18.3 Å². The molecule has 6 nitrogen and oxygen atoms in total. The van der Waals surface area contributed by atoms with Crippen LogP contribution in [0.5, 0.6) is 11.6 Å². The Kier molecular flexibility index (Phi) is 5.52. The van der Waals surface area contributed by atoms with Crippen molar-refractivity contribution < 1.29 is 9.47 Å². The number of H-pyrrole nitrogens is 1. The van der Waals surface area contributed by atoms with Gasteiger partial charge in [-0.1, -0.05) is 46.9 Å². The summed E-state index contributed by atoms with van der Waals surface area (Å²) in [4.78, 5) is 0. The van der Waals surface area contributed by atoms with Crippen LogP contribution in [0.2, 0.25) is 15.1 Å². The van der Waals surface area contributed by atoms with Crippen LogP contribution in [0.3, 0.4) is 0 Å². The molecule has 0 bridgehead atoms. The van der Waals surface area contributed by atoms with E-state index in [-0.39, 0.29) is 12.5 Å². The quantitative estimate of drug-likeness (QED) is 0.536. The number of rotatable bonds is 4. The molecule has 3 aromatic rings. The van der Waals surface area contributed by atoms with Crippen molar-refractivity contribution in [3.63, 3.8) is 0 Å². The van der Waals surface area contributed by atoms with Gasteiger partial charge in [0.05, 0.1) is 10.9 Å². The van der Waals surface area contributed by atoms with Crippen LogP contribution >= 0.6 is 34.8 Å². The Morgan fingerprint density at radius 1 is 1.20 bits per heavy atom. The molecule has 0 aliphatic carbocycles. The average molecular weight is 462 g/mol. The zero-order valence-corrected chi connectivity index (χ0v) is 17.9. The van der Waals surface area contributed by atoms with Gasteiger partial charge in [-0.3, -0.25) is 5.10 Å². The van der Waals surface area contributed by atoms with Crippen molar-refractivity contribution in [2.45, 2.75) is 19.4 Å². The molecule has 2 aromatic carbocycles. The lowest BCUT2D eigenvalue weighted by atomic mass is 9.84. The molecular weight excluding hydrogens is 447 g/mol. The number of aryl methyl sites for hydroxylation is 1. The van der Waals surface area contributed by atoms with Crippen LogP contribution in [0.25, 0.3) is 0 Å². The molecule has 30 heavy (non-hydrogen) atoms. The van der Waals surface area contributed by atoms with Crippen LogP contribution in [0.15, 0.2) is 47.9 Å². The highest BCUT2D eigenvalue weighted by molar-refractivity contribution is 6.35. The zero-order chi connectivity index (χ0) is 21.4. The van der Waals surface area contributed by atoms with E-state index >= 15 is 0 Å². The third-order valence-corrected chi connectivity index (χ3v) is 5.70. The predicted molar refractivity (Wildman–Crippen MR) is 115 cm³/mol. The minimum absolute atomic E-state index is 0.0235. The Bertz CT molecular complexity index is 1210. The molecule has 1 aliphatic heterocycles. The van der Waals surface area contributed by atoms with E-state index in [9.17, 15) is 5.26 Å². The molecule has 0 saturated carbocycles. The summed E-state index contributed by atoms with van der Waals surface area (Å²) in [6.07, 6.45) is 0. The zero-order valence-electron chi connectivity index (χ0n) is 15.7. The number of hydrogen-bond acceptors (Lipinski definition) is 5. The lowest BCUT2D eigenvalue weighted by Crippen LogP contribution is -2.21. The Labute approximate surface area is 187 Å². The molecule has 152 valence electrons. The van der Waals surface area contributed by atoms with Gasteiger partial charge < -0.3 is 15.2 Å². The third kappa shape index (κ3) is 3.68. The average Bonchev–Trinajstić information content (AvgIpc) is 3.07. The maximum atomic E-state index is 9.65. The van der Waals surface area contributed by atoms with E-state index in [0.29, 0.717) is 32.3 Å². The van der Waals surface area contributed by atoms with E-state index in [1.165, 1.54) is 0 Å². The predicted octanol–water partition coefficient (Wildman–Crippen LogP) is 5.48. The summed E-state index contributed by atoms with van der Waals surface area (Å²) in [5.41, 5.74) is 9.33. The molecular formula is C21H15Cl3N4O2. The van der Waals surface area contributed by atoms with Crippen molar-refractivity contribution in [1.29, 1.82) is 5.26 Å². The number of benzene rings is 2. The number of aromatic nitrogens is 2. The second-order valence-corrected chi connectivity index (χ2v) is 7.96. The minimum Gasteiger partial charge on any atom is -0.487 e. The van der Waals surface area contributed by atoms with Crippen LogP contribution in [-0.2, 0) is 6.61 Å². The number of nitrogens with one attached hydrogen (secondary N) is 1. The lowest BCUT2D eigenvalue weighted by Gasteiger charge is -2.24. The first-order chi connectivity index (χ1) is 14.4. The highest BCUT2D eigenvalue weighted by Gasteiger charge is 2.34. The molecule has 0 saturated heterocycles. The van der Waals surface area contributed by atoms with Gasteiger partial charge in [-0.05, 0) is 36.8 Å². The van der Waals surface area contributed by atoms with Gasteiger partial charge in [-0.2, -0.15) is 5.26 Å². The minimum atomic E-state index is -0.449. The Balaban J connectivity index is 1.64. The highest BCUT2D eigenvalue weighted by atomic mass is 35.5. The summed E-state index contributed by atoms with van der Waals surface area (Å²) >= 11 is 18.6. The van der Waals surface area contributed by atoms with Gasteiger partial charge in [0.2, 0.25) is 11.8 Å². The van der Waals surface area contributed by atoms with Crippen molar-refractivity contribution >= 4 is 34.8 Å². The summed E-state index contributed by atoms with van der Waals surface area (Å²) in [7, 11) is 0. The van der Waals surface area contributed by atoms with Crippen LogP contribution < -0.4 is 15.2 Å². The van der Waals surface area contributed by atoms with Crippen molar-refractivity contribution in [1.82, 2.24) is 10.2 Å². The molecule has 1 aromatic heterocycles. The fraction of sp³-hybridized carbons (Fsp3) is 0.143. The molecule has 0 radical (unpaired) electrons. The lowest BCUT2D eigenvalue weighted by molar-refractivity contribution is 0.306. The SMILES string of the molecule is Cc1[nH]nc2c1[C@H](c1ccc(OCc3ccc(Cl)cc3Cl)c(Cl)c1)C(C#N)=C(N)O2. The molecule has 9 heteroatoms. The van der Waals surface area contributed by atoms with E-state index < -0.39 is 5.92 Å². The Morgan fingerprint density at radius 2 is 2.00 bits per heavy atom.